The molecule has 9 atom stereocenters. The normalized spacial score (nSPS) is 20.9. The summed E-state index contributed by atoms with van der Waals surface area (Å²) in [6.45, 7) is 4.02. The van der Waals surface area contributed by atoms with E-state index >= 15 is 0 Å². The summed E-state index contributed by atoms with van der Waals surface area (Å²) in [6, 6.07) is 1.24. The largest absolute Gasteiger partial charge is 0.481 e. The molecule has 1 fully saturated rings. The minimum absolute atomic E-state index is 0.0439. The van der Waals surface area contributed by atoms with Gasteiger partial charge in [0.25, 0.3) is 0 Å². The van der Waals surface area contributed by atoms with Gasteiger partial charge in [-0.1, -0.05) is 139 Å². The number of anilines is 1. The Balaban J connectivity index is 1.86. The van der Waals surface area contributed by atoms with Crippen LogP contribution in [-0.4, -0.2) is 96.9 Å². The lowest BCUT2D eigenvalue weighted by molar-refractivity contribution is -0.161. The molecular formula is C47H77N3O16P2. The van der Waals surface area contributed by atoms with E-state index in [1.807, 2.05) is 49.5 Å². The number of hydrogen-bond donors (Lipinski definition) is 6. The predicted molar refractivity (Wildman–Crippen MR) is 258 cm³/mol. The summed E-state index contributed by atoms with van der Waals surface area (Å²) < 4.78 is 56.6. The van der Waals surface area contributed by atoms with Crippen molar-refractivity contribution in [1.82, 2.24) is 9.55 Å². The summed E-state index contributed by atoms with van der Waals surface area (Å²) in [5, 5.41) is 30.4. The first-order valence-corrected chi connectivity index (χ1v) is 26.8. The molecule has 0 radical (unpaired) electrons. The number of phosphoric ester groups is 2. The van der Waals surface area contributed by atoms with Crippen LogP contribution in [0, 0.1) is 5.92 Å². The number of aliphatic hydroxyl groups excluding tert-OH is 3. The molecule has 7 N–H and O–H groups in total. The molecule has 1 aromatic rings. The second kappa shape index (κ2) is 34.7. The highest BCUT2D eigenvalue weighted by atomic mass is 31.3. The molecule has 68 heavy (non-hydrogen) atoms. The van der Waals surface area contributed by atoms with Crippen LogP contribution in [0.2, 0.25) is 0 Å². The topological polar surface area (TPSA) is 286 Å². The number of esters is 2. The smallest absolute Gasteiger partial charge is 0.462 e. The fourth-order valence-electron chi connectivity index (χ4n) is 6.57. The van der Waals surface area contributed by atoms with Crippen LogP contribution in [0.25, 0.3) is 0 Å². The lowest BCUT2D eigenvalue weighted by atomic mass is 9.99. The van der Waals surface area contributed by atoms with Gasteiger partial charge < -0.3 is 45.1 Å². The van der Waals surface area contributed by atoms with Crippen LogP contribution in [0.4, 0.5) is 5.82 Å². The van der Waals surface area contributed by atoms with Gasteiger partial charge in [0.05, 0.1) is 19.3 Å². The zero-order valence-corrected chi connectivity index (χ0v) is 41.7. The van der Waals surface area contributed by atoms with Crippen LogP contribution >= 0.6 is 15.6 Å². The molecule has 1 saturated heterocycles. The van der Waals surface area contributed by atoms with E-state index in [4.69, 9.17) is 29.0 Å². The van der Waals surface area contributed by atoms with Crippen molar-refractivity contribution in [3.05, 3.63) is 83.5 Å². The second-order valence-corrected chi connectivity index (χ2v) is 19.7. The lowest BCUT2D eigenvalue weighted by Gasteiger charge is -2.21. The van der Waals surface area contributed by atoms with E-state index < -0.39 is 89.8 Å². The van der Waals surface area contributed by atoms with E-state index in [-0.39, 0.29) is 18.7 Å². The molecular weight excluding hydrogens is 924 g/mol. The fraction of sp³-hybridized carbons (Fsp3) is 0.660. The van der Waals surface area contributed by atoms with Crippen molar-refractivity contribution in [3.8, 4) is 0 Å². The SMILES string of the molecule is CCC(C)CCCCCCCCCCC(=O)OC[C@H](COP(=O)(O)OP(=O)(O)OC[C@H]1O[C@@H](n2ccc(N)nc2=O)[C@H](O)[C@@H]1O)OC(=O)CCC/C=C\C/C=C\C/C=C\C/C=C\C=C\[C@H](O)CC. The highest BCUT2D eigenvalue weighted by Crippen LogP contribution is 2.60. The minimum Gasteiger partial charge on any atom is -0.462 e. The predicted octanol–water partition coefficient (Wildman–Crippen LogP) is 7.99. The zero-order valence-electron chi connectivity index (χ0n) is 39.9. The van der Waals surface area contributed by atoms with Gasteiger partial charge in [0.1, 0.15) is 30.7 Å². The molecule has 386 valence electrons. The number of carbonyl (C=O) groups is 2. The molecule has 0 aromatic carbocycles. The quantitative estimate of drug-likeness (QED) is 0.0121. The molecule has 0 saturated carbocycles. The van der Waals surface area contributed by atoms with Crippen LogP contribution < -0.4 is 11.4 Å². The second-order valence-electron chi connectivity index (χ2n) is 16.7. The van der Waals surface area contributed by atoms with Crippen LogP contribution in [0.3, 0.4) is 0 Å². The summed E-state index contributed by atoms with van der Waals surface area (Å²) in [7, 11) is -10.9. The number of nitrogens with two attached hydrogens (primary N) is 1. The Morgan fingerprint density at radius 2 is 1.41 bits per heavy atom. The average molecular weight is 1000 g/mol. The van der Waals surface area contributed by atoms with E-state index in [9.17, 15) is 48.6 Å². The lowest BCUT2D eigenvalue weighted by Crippen LogP contribution is -2.36. The number of aliphatic hydroxyl groups is 3. The van der Waals surface area contributed by atoms with Crippen LogP contribution in [-0.2, 0) is 46.3 Å². The van der Waals surface area contributed by atoms with E-state index in [1.165, 1.54) is 38.2 Å². The Kier molecular flexibility index (Phi) is 30.9. The Bertz CT molecular complexity index is 1910. The van der Waals surface area contributed by atoms with E-state index in [0.29, 0.717) is 32.1 Å². The Morgan fingerprint density at radius 1 is 0.809 bits per heavy atom. The van der Waals surface area contributed by atoms with Gasteiger partial charge in [-0.3, -0.25) is 23.2 Å². The highest BCUT2D eigenvalue weighted by Gasteiger charge is 2.46. The van der Waals surface area contributed by atoms with Gasteiger partial charge >= 0.3 is 33.3 Å². The molecule has 0 spiro atoms. The van der Waals surface area contributed by atoms with Crippen molar-refractivity contribution in [2.24, 2.45) is 5.92 Å². The van der Waals surface area contributed by atoms with Gasteiger partial charge in [-0.25, -0.2) is 13.9 Å². The first-order chi connectivity index (χ1) is 32.5. The van der Waals surface area contributed by atoms with Crippen LogP contribution in [0.1, 0.15) is 143 Å². The van der Waals surface area contributed by atoms with Crippen LogP contribution in [0.15, 0.2) is 77.8 Å². The Hall–Kier alpha value is -3.58. The summed E-state index contributed by atoms with van der Waals surface area (Å²) in [6.07, 6.45) is 27.1. The first kappa shape index (κ1) is 60.5. The van der Waals surface area contributed by atoms with E-state index in [2.05, 4.69) is 35.3 Å². The third kappa shape index (κ3) is 27.6. The summed E-state index contributed by atoms with van der Waals surface area (Å²) in [5.74, 6) is -0.632. The monoisotopic (exact) mass is 1000 g/mol. The van der Waals surface area contributed by atoms with Gasteiger partial charge in [0.15, 0.2) is 12.3 Å². The van der Waals surface area contributed by atoms with Gasteiger partial charge in [0, 0.05) is 19.0 Å². The molecule has 2 rings (SSSR count). The van der Waals surface area contributed by atoms with E-state index in [0.717, 1.165) is 55.2 Å². The number of phosphoric acid groups is 2. The number of hydrogen-bond acceptors (Lipinski definition) is 16. The van der Waals surface area contributed by atoms with Crippen molar-refractivity contribution in [3.63, 3.8) is 0 Å². The van der Waals surface area contributed by atoms with Gasteiger partial charge in [-0.05, 0) is 56.9 Å². The minimum atomic E-state index is -5.44. The van der Waals surface area contributed by atoms with Gasteiger partial charge in [-0.2, -0.15) is 9.29 Å². The molecule has 19 nitrogen and oxygen atoms in total. The summed E-state index contributed by atoms with van der Waals surface area (Å²) in [5.41, 5.74) is 4.57. The van der Waals surface area contributed by atoms with E-state index in [1.54, 1.807) is 6.08 Å². The van der Waals surface area contributed by atoms with Crippen molar-refractivity contribution >= 4 is 33.4 Å². The number of nitrogens with zero attached hydrogens (tertiary/aromatic N) is 2. The van der Waals surface area contributed by atoms with Crippen molar-refractivity contribution in [2.45, 2.75) is 173 Å². The van der Waals surface area contributed by atoms with Crippen LogP contribution in [0.5, 0.6) is 0 Å². The summed E-state index contributed by atoms with van der Waals surface area (Å²) in [4.78, 5) is 61.7. The maximum atomic E-state index is 12.8. The molecule has 0 amide bonds. The van der Waals surface area contributed by atoms with Crippen molar-refractivity contribution in [1.29, 1.82) is 0 Å². The number of ether oxygens (including phenoxy) is 3. The third-order valence-electron chi connectivity index (χ3n) is 10.8. The molecule has 21 heteroatoms. The molecule has 0 aliphatic carbocycles. The Morgan fingerprint density at radius 3 is 2.06 bits per heavy atom. The fourth-order valence-corrected chi connectivity index (χ4v) is 8.68. The van der Waals surface area contributed by atoms with Gasteiger partial charge in [-0.15, -0.1) is 0 Å². The average Bonchev–Trinajstić information content (AvgIpc) is 3.57. The molecule has 3 unspecified atom stereocenters. The summed E-state index contributed by atoms with van der Waals surface area (Å²) >= 11 is 0. The first-order valence-electron chi connectivity index (χ1n) is 23.8. The molecule has 1 aliphatic rings. The maximum absolute atomic E-state index is 12.8. The molecule has 2 heterocycles. The molecule has 1 aromatic heterocycles. The molecule has 1 aliphatic heterocycles. The third-order valence-corrected chi connectivity index (χ3v) is 13.4. The number of carbonyl (C=O) groups excluding carboxylic acids is 2. The number of unbranched alkanes of at least 4 members (excludes halogenated alkanes) is 8. The van der Waals surface area contributed by atoms with Crippen molar-refractivity contribution in [2.75, 3.05) is 25.6 Å². The maximum Gasteiger partial charge on any atom is 0.481 e. The van der Waals surface area contributed by atoms with Gasteiger partial charge in [0.2, 0.25) is 0 Å². The standard InChI is InChI=1S/C47H77N3O16P2/c1-4-37(3)28-24-20-16-14-15-18-22-26-30-42(52)61-34-39(64-43(53)31-27-23-19-13-11-9-7-6-8-10-12-17-21-25-29-38(51)5-2)35-62-67(57,58)66-68(59,60)63-36-40-44(54)45(55)46(65-40)50-33-32-41(48)49-47(50)56/h7-10,13,17,19,21,25,29,32-33,37-40,44-46,51,54-55H,4-6,11-12,14-16,18,20,22-24,26-28,30-31,34-36H2,1-3H3,(H,57,58)(H,59,60)(H2,48,49,56)/b9-7-,10-8-,19-13-,21-17-,29-25+/t37?,38-,39-,40-,44-,45-,46-/m1/s1. The zero-order chi connectivity index (χ0) is 50.2. The molecule has 0 bridgehead atoms. The number of allylic oxidation sites excluding steroid dienone is 9. The number of rotatable bonds is 37. The van der Waals surface area contributed by atoms with Crippen molar-refractivity contribution < 1.29 is 71.4 Å². The number of aromatic nitrogens is 2. The number of nitrogen functional groups attached to an aromatic ring is 1. The Labute approximate surface area is 401 Å². The highest BCUT2D eigenvalue weighted by molar-refractivity contribution is 7.61.